The van der Waals surface area contributed by atoms with Crippen LogP contribution in [-0.2, 0) is 11.1 Å². The Kier molecular flexibility index (Phi) is 2.58. The molecule has 0 aliphatic rings. The van der Waals surface area contributed by atoms with Gasteiger partial charge in [0.15, 0.2) is 11.1 Å². The smallest absolute Gasteiger partial charge is 0.186 e. The van der Waals surface area contributed by atoms with Gasteiger partial charge >= 0.3 is 0 Å². The van der Waals surface area contributed by atoms with E-state index < -0.39 is 11.1 Å². The minimum Gasteiger partial charge on any atom is -0.506 e. The molecule has 1 unspecified atom stereocenters. The molecule has 0 radical (unpaired) electrons. The zero-order valence-electron chi connectivity index (χ0n) is 9.57. The number of phenolic OH excluding ortho intramolecular Hbond substituents is 1. The maximum Gasteiger partial charge on any atom is 0.186 e. The molecule has 0 saturated heterocycles. The number of fused-ring (bicyclic) bond motifs is 2. The van der Waals surface area contributed by atoms with Crippen LogP contribution in [0.5, 0.6) is 5.75 Å². The molecule has 0 aliphatic carbocycles. The first-order chi connectivity index (χ1) is 9.04. The van der Waals surface area contributed by atoms with Gasteiger partial charge in [0.25, 0.3) is 0 Å². The second-order valence-electron chi connectivity index (χ2n) is 4.02. The van der Waals surface area contributed by atoms with Crippen molar-refractivity contribution in [1.29, 1.82) is 0 Å². The van der Waals surface area contributed by atoms with Crippen LogP contribution >= 0.6 is 0 Å². The number of rotatable bonds is 1. The predicted octanol–water partition coefficient (Wildman–Crippen LogP) is 1.65. The van der Waals surface area contributed by atoms with E-state index in [0.29, 0.717) is 22.1 Å². The molecule has 96 valence electrons. The van der Waals surface area contributed by atoms with Crippen molar-refractivity contribution < 1.29 is 13.9 Å². The first kappa shape index (κ1) is 11.8. The van der Waals surface area contributed by atoms with Crippen molar-refractivity contribution in [3.8, 4) is 5.75 Å². The Morgan fingerprint density at radius 3 is 2.37 bits per heavy atom. The van der Waals surface area contributed by atoms with Gasteiger partial charge < -0.3 is 15.4 Å². The van der Waals surface area contributed by atoms with Crippen LogP contribution in [0, 0.1) is 0 Å². The number of hydrogen-bond donors (Lipinski definition) is 3. The number of aromatic hydroxyl groups is 1. The van der Waals surface area contributed by atoms with E-state index in [1.54, 1.807) is 6.07 Å². The van der Waals surface area contributed by atoms with Crippen molar-refractivity contribution in [2.45, 2.75) is 4.90 Å². The van der Waals surface area contributed by atoms with Gasteiger partial charge in [0.2, 0.25) is 0 Å². The quantitative estimate of drug-likeness (QED) is 0.269. The third-order valence-corrected chi connectivity index (χ3v) is 3.41. The average Bonchev–Trinajstić information content (AvgIpc) is 2.37. The van der Waals surface area contributed by atoms with Crippen molar-refractivity contribution in [1.82, 2.24) is 9.97 Å². The molecule has 0 amide bonds. The highest BCUT2D eigenvalue weighted by atomic mass is 32.2. The van der Waals surface area contributed by atoms with Gasteiger partial charge in [0.05, 0.1) is 32.6 Å². The van der Waals surface area contributed by atoms with Crippen LogP contribution in [0.2, 0.25) is 0 Å². The molecule has 2 aromatic carbocycles. The predicted molar refractivity (Wildman–Crippen MR) is 72.2 cm³/mol. The average molecular weight is 275 g/mol. The number of anilines is 1. The highest BCUT2D eigenvalue weighted by Crippen LogP contribution is 2.26. The molecule has 1 aromatic heterocycles. The van der Waals surface area contributed by atoms with Gasteiger partial charge in [-0.25, -0.2) is 14.2 Å². The first-order valence-corrected chi connectivity index (χ1v) is 6.46. The van der Waals surface area contributed by atoms with Gasteiger partial charge in [0, 0.05) is 6.07 Å². The Balaban J connectivity index is 2.35. The van der Waals surface area contributed by atoms with Gasteiger partial charge in [-0.05, 0) is 24.3 Å². The van der Waals surface area contributed by atoms with Crippen LogP contribution in [0.3, 0.4) is 0 Å². The minimum atomic E-state index is -2.06. The Morgan fingerprint density at radius 2 is 1.63 bits per heavy atom. The molecule has 0 spiro atoms. The highest BCUT2D eigenvalue weighted by molar-refractivity contribution is 7.79. The van der Waals surface area contributed by atoms with Crippen LogP contribution in [0.25, 0.3) is 22.1 Å². The maximum absolute atomic E-state index is 11.0. The Labute approximate surface area is 110 Å². The summed E-state index contributed by atoms with van der Waals surface area (Å²) in [6, 6.07) is 7.58. The van der Waals surface area contributed by atoms with Crippen molar-refractivity contribution in [3.05, 3.63) is 30.3 Å². The highest BCUT2D eigenvalue weighted by Gasteiger charge is 2.07. The molecule has 3 rings (SSSR count). The van der Waals surface area contributed by atoms with Gasteiger partial charge in [-0.2, -0.15) is 0 Å². The maximum atomic E-state index is 11.0. The standard InChI is InChI=1S/C12H9N3O3S/c13-7-4-10-11(5-12(7)16)15-9-3-6(19(17)18)1-2-8(9)14-10/h1-5,16H,13H2,(H,17,18). The number of aromatic nitrogens is 2. The number of benzene rings is 2. The number of nitrogens with two attached hydrogens (primary N) is 1. The summed E-state index contributed by atoms with van der Waals surface area (Å²) in [5, 5.41) is 9.55. The first-order valence-electron chi connectivity index (χ1n) is 5.35. The number of phenols is 1. The van der Waals surface area contributed by atoms with E-state index >= 15 is 0 Å². The van der Waals surface area contributed by atoms with E-state index in [9.17, 15) is 9.32 Å². The van der Waals surface area contributed by atoms with E-state index in [0.717, 1.165) is 0 Å². The summed E-state index contributed by atoms with van der Waals surface area (Å²) in [6.07, 6.45) is 0. The van der Waals surface area contributed by atoms with Gasteiger partial charge in [-0.3, -0.25) is 0 Å². The lowest BCUT2D eigenvalue weighted by Gasteiger charge is -2.04. The largest absolute Gasteiger partial charge is 0.506 e. The number of nitrogens with zero attached hydrogens (tertiary/aromatic N) is 2. The molecular weight excluding hydrogens is 266 g/mol. The summed E-state index contributed by atoms with van der Waals surface area (Å²) < 4.78 is 20.1. The molecule has 0 bridgehead atoms. The lowest BCUT2D eigenvalue weighted by atomic mass is 10.2. The molecule has 0 fully saturated rings. The molecule has 1 heterocycles. The number of nitrogen functional groups attached to an aromatic ring is 1. The van der Waals surface area contributed by atoms with Crippen LogP contribution in [0.15, 0.2) is 35.2 Å². The van der Waals surface area contributed by atoms with E-state index in [4.69, 9.17) is 10.3 Å². The molecule has 0 aliphatic heterocycles. The molecule has 19 heavy (non-hydrogen) atoms. The second-order valence-corrected chi connectivity index (χ2v) is 4.99. The van der Waals surface area contributed by atoms with Gasteiger partial charge in [0.1, 0.15) is 5.75 Å². The van der Waals surface area contributed by atoms with Gasteiger partial charge in [-0.1, -0.05) is 0 Å². The summed E-state index contributed by atoms with van der Waals surface area (Å²) in [5.74, 6) is -0.0666. The van der Waals surface area contributed by atoms with Crippen LogP contribution < -0.4 is 5.73 Å². The Morgan fingerprint density at radius 1 is 1.00 bits per heavy atom. The third kappa shape index (κ3) is 1.98. The number of hydrogen-bond acceptors (Lipinski definition) is 5. The van der Waals surface area contributed by atoms with Crippen molar-refractivity contribution in [3.63, 3.8) is 0 Å². The Bertz CT molecular complexity index is 835. The fourth-order valence-corrected chi connectivity index (χ4v) is 2.21. The summed E-state index contributed by atoms with van der Waals surface area (Å²) in [4.78, 5) is 8.90. The second kappa shape index (κ2) is 4.15. The van der Waals surface area contributed by atoms with Gasteiger partial charge in [-0.15, -0.1) is 0 Å². The van der Waals surface area contributed by atoms with Crippen LogP contribution in [-0.4, -0.2) is 23.8 Å². The lowest BCUT2D eigenvalue weighted by molar-refractivity contribution is 0.478. The van der Waals surface area contributed by atoms with E-state index in [-0.39, 0.29) is 16.3 Å². The fraction of sp³-hybridized carbons (Fsp3) is 0. The summed E-state index contributed by atoms with van der Waals surface area (Å²) in [7, 11) is 0. The van der Waals surface area contributed by atoms with E-state index in [1.165, 1.54) is 24.3 Å². The SMILES string of the molecule is Nc1cc2nc3ccc(S(=O)O)cc3nc2cc1O. The molecule has 7 heteroatoms. The van der Waals surface area contributed by atoms with Crippen molar-refractivity contribution in [2.75, 3.05) is 5.73 Å². The van der Waals surface area contributed by atoms with Crippen LogP contribution in [0.4, 0.5) is 5.69 Å². The molecular formula is C12H9N3O3S. The molecule has 6 nitrogen and oxygen atoms in total. The molecule has 1 atom stereocenters. The minimum absolute atomic E-state index is 0.0666. The lowest BCUT2D eigenvalue weighted by Crippen LogP contribution is -1.93. The van der Waals surface area contributed by atoms with Crippen molar-refractivity contribution >= 4 is 38.8 Å². The summed E-state index contributed by atoms with van der Waals surface area (Å²) in [5.41, 5.74) is 7.93. The van der Waals surface area contributed by atoms with Crippen molar-refractivity contribution in [2.24, 2.45) is 0 Å². The zero-order chi connectivity index (χ0) is 13.6. The molecule has 4 N–H and O–H groups in total. The molecule has 3 aromatic rings. The topological polar surface area (TPSA) is 109 Å². The molecule has 0 saturated carbocycles. The fourth-order valence-electron chi connectivity index (χ4n) is 1.82. The van der Waals surface area contributed by atoms with E-state index in [2.05, 4.69) is 9.97 Å². The summed E-state index contributed by atoms with van der Waals surface area (Å²) in [6.45, 7) is 0. The summed E-state index contributed by atoms with van der Waals surface area (Å²) >= 11 is -2.06. The van der Waals surface area contributed by atoms with Crippen LogP contribution in [0.1, 0.15) is 0 Å². The zero-order valence-corrected chi connectivity index (χ0v) is 10.4. The Hall–Kier alpha value is -2.25. The third-order valence-electron chi connectivity index (χ3n) is 2.75. The van der Waals surface area contributed by atoms with E-state index in [1.807, 2.05) is 0 Å². The normalized spacial score (nSPS) is 12.9. The monoisotopic (exact) mass is 275 g/mol.